The zero-order valence-corrected chi connectivity index (χ0v) is 13.0. The summed E-state index contributed by atoms with van der Waals surface area (Å²) in [5, 5.41) is 11.1. The number of nitrogens with zero attached hydrogens (tertiary/aromatic N) is 2. The van der Waals surface area contributed by atoms with Gasteiger partial charge in [-0.15, -0.1) is 0 Å². The summed E-state index contributed by atoms with van der Waals surface area (Å²) in [6, 6.07) is 7.14. The average Bonchev–Trinajstić information content (AvgIpc) is 2.52. The quantitative estimate of drug-likeness (QED) is 0.361. The van der Waals surface area contributed by atoms with Crippen LogP contribution in [0.15, 0.2) is 42.5 Å². The van der Waals surface area contributed by atoms with Gasteiger partial charge in [-0.3, -0.25) is 14.9 Å². The number of carbonyl (C=O) groups is 1. The van der Waals surface area contributed by atoms with Crippen molar-refractivity contribution in [3.8, 4) is 0 Å². The number of rotatable bonds is 5. The molecular formula is C17H14F2N2O3. The zero-order chi connectivity index (χ0) is 17.9. The lowest BCUT2D eigenvalue weighted by molar-refractivity contribution is -0.384. The molecule has 0 unspecified atom stereocenters. The van der Waals surface area contributed by atoms with E-state index in [4.69, 9.17) is 0 Å². The van der Waals surface area contributed by atoms with Gasteiger partial charge in [0, 0.05) is 26.2 Å². The van der Waals surface area contributed by atoms with E-state index in [9.17, 15) is 23.7 Å². The van der Waals surface area contributed by atoms with E-state index in [0.717, 1.165) is 18.2 Å². The lowest BCUT2D eigenvalue weighted by atomic mass is 10.1. The van der Waals surface area contributed by atoms with Crippen molar-refractivity contribution in [1.29, 1.82) is 0 Å². The van der Waals surface area contributed by atoms with Gasteiger partial charge in [0.1, 0.15) is 17.3 Å². The van der Waals surface area contributed by atoms with E-state index in [0.29, 0.717) is 17.3 Å². The molecular weight excluding hydrogens is 318 g/mol. The van der Waals surface area contributed by atoms with Crippen LogP contribution in [0.1, 0.15) is 15.9 Å². The van der Waals surface area contributed by atoms with Crippen LogP contribution in [-0.4, -0.2) is 24.8 Å². The number of carbonyl (C=O) groups excluding carboxylic acids is 1. The SMILES string of the molecule is CN(C)c1ccc(/C=C/C(=O)c2ccc(F)cc2F)cc1[N+](=O)[O-]. The summed E-state index contributed by atoms with van der Waals surface area (Å²) in [6.07, 6.45) is 2.43. The number of nitro groups is 1. The first kappa shape index (κ1) is 17.3. The molecule has 0 aliphatic heterocycles. The van der Waals surface area contributed by atoms with Gasteiger partial charge in [0.25, 0.3) is 5.69 Å². The Balaban J connectivity index is 2.30. The maximum Gasteiger partial charge on any atom is 0.293 e. The summed E-state index contributed by atoms with van der Waals surface area (Å²) in [5.41, 5.74) is 0.464. The standard InChI is InChI=1S/C17H14F2N2O3/c1-20(2)15-7-3-11(9-16(15)21(23)24)4-8-17(22)13-6-5-12(18)10-14(13)19/h3-10H,1-2H3/b8-4+. The third-order valence-electron chi connectivity index (χ3n) is 3.30. The van der Waals surface area contributed by atoms with E-state index in [2.05, 4.69) is 0 Å². The van der Waals surface area contributed by atoms with Crippen LogP contribution in [0.25, 0.3) is 6.08 Å². The second-order valence-electron chi connectivity index (χ2n) is 5.22. The molecule has 0 aromatic heterocycles. The highest BCUT2D eigenvalue weighted by Crippen LogP contribution is 2.28. The largest absolute Gasteiger partial charge is 0.372 e. The van der Waals surface area contributed by atoms with Gasteiger partial charge in [0.2, 0.25) is 0 Å². The minimum absolute atomic E-state index is 0.109. The Hall–Kier alpha value is -3.09. The van der Waals surface area contributed by atoms with Crippen LogP contribution in [0.2, 0.25) is 0 Å². The van der Waals surface area contributed by atoms with E-state index in [1.54, 1.807) is 31.1 Å². The summed E-state index contributed by atoms with van der Waals surface area (Å²) >= 11 is 0. The van der Waals surface area contributed by atoms with Crippen LogP contribution in [0.5, 0.6) is 0 Å². The topological polar surface area (TPSA) is 63.5 Å². The number of anilines is 1. The van der Waals surface area contributed by atoms with E-state index < -0.39 is 22.3 Å². The van der Waals surface area contributed by atoms with E-state index in [-0.39, 0.29) is 11.3 Å². The van der Waals surface area contributed by atoms with Crippen LogP contribution in [-0.2, 0) is 0 Å². The van der Waals surface area contributed by atoms with Crippen LogP contribution >= 0.6 is 0 Å². The Labute approximate surface area is 137 Å². The van der Waals surface area contributed by atoms with Gasteiger partial charge in [0.05, 0.1) is 10.5 Å². The van der Waals surface area contributed by atoms with Gasteiger partial charge < -0.3 is 4.90 Å². The van der Waals surface area contributed by atoms with Crippen LogP contribution in [0.3, 0.4) is 0 Å². The fourth-order valence-corrected chi connectivity index (χ4v) is 2.12. The lowest BCUT2D eigenvalue weighted by Crippen LogP contribution is -2.11. The van der Waals surface area contributed by atoms with Gasteiger partial charge in [-0.2, -0.15) is 0 Å². The second-order valence-corrected chi connectivity index (χ2v) is 5.22. The summed E-state index contributed by atoms with van der Waals surface area (Å²) in [4.78, 5) is 24.2. The highest BCUT2D eigenvalue weighted by atomic mass is 19.1. The molecule has 0 heterocycles. The van der Waals surface area contributed by atoms with Crippen LogP contribution in [0.4, 0.5) is 20.2 Å². The van der Waals surface area contributed by atoms with Crippen LogP contribution < -0.4 is 4.90 Å². The molecule has 0 atom stereocenters. The zero-order valence-electron chi connectivity index (χ0n) is 13.0. The van der Waals surface area contributed by atoms with Crippen molar-refractivity contribution in [3.05, 3.63) is 75.3 Å². The second kappa shape index (κ2) is 6.99. The minimum Gasteiger partial charge on any atom is -0.372 e. The van der Waals surface area contributed by atoms with Gasteiger partial charge in [-0.25, -0.2) is 8.78 Å². The molecule has 0 fully saturated rings. The molecule has 0 N–H and O–H groups in total. The van der Waals surface area contributed by atoms with Crippen molar-refractivity contribution in [2.75, 3.05) is 19.0 Å². The molecule has 2 rings (SSSR count). The first-order valence-corrected chi connectivity index (χ1v) is 6.93. The Bertz CT molecular complexity index is 833. The molecule has 0 spiro atoms. The molecule has 0 aliphatic carbocycles. The molecule has 0 radical (unpaired) electrons. The van der Waals surface area contributed by atoms with Crippen LogP contribution in [0, 0.1) is 21.7 Å². The summed E-state index contributed by atoms with van der Waals surface area (Å²) < 4.78 is 26.4. The predicted octanol–water partition coefficient (Wildman–Crippen LogP) is 3.84. The molecule has 0 aliphatic rings. The molecule has 0 saturated heterocycles. The van der Waals surface area contributed by atoms with Crippen molar-refractivity contribution in [3.63, 3.8) is 0 Å². The van der Waals surface area contributed by atoms with Crippen molar-refractivity contribution in [2.45, 2.75) is 0 Å². The summed E-state index contributed by atoms with van der Waals surface area (Å²) in [7, 11) is 3.36. The molecule has 2 aromatic rings. The molecule has 7 heteroatoms. The maximum atomic E-state index is 13.5. The minimum atomic E-state index is -0.960. The number of halogens is 2. The molecule has 5 nitrogen and oxygen atoms in total. The highest BCUT2D eigenvalue weighted by molar-refractivity contribution is 6.07. The number of hydrogen-bond acceptors (Lipinski definition) is 4. The lowest BCUT2D eigenvalue weighted by Gasteiger charge is -2.12. The molecule has 0 amide bonds. The summed E-state index contributed by atoms with van der Waals surface area (Å²) in [5.74, 6) is -2.40. The molecule has 2 aromatic carbocycles. The Morgan fingerprint density at radius 1 is 1.17 bits per heavy atom. The number of benzene rings is 2. The van der Waals surface area contributed by atoms with Crippen molar-refractivity contribution in [2.24, 2.45) is 0 Å². The van der Waals surface area contributed by atoms with E-state index >= 15 is 0 Å². The third-order valence-corrected chi connectivity index (χ3v) is 3.30. The van der Waals surface area contributed by atoms with Crippen molar-refractivity contribution in [1.82, 2.24) is 0 Å². The monoisotopic (exact) mass is 332 g/mol. The Kier molecular flexibility index (Phi) is 5.03. The third kappa shape index (κ3) is 3.81. The van der Waals surface area contributed by atoms with Crippen molar-refractivity contribution < 1.29 is 18.5 Å². The maximum absolute atomic E-state index is 13.5. The van der Waals surface area contributed by atoms with E-state index in [1.165, 1.54) is 12.1 Å². The van der Waals surface area contributed by atoms with Gasteiger partial charge in [0.15, 0.2) is 5.78 Å². The summed E-state index contributed by atoms with van der Waals surface area (Å²) in [6.45, 7) is 0. The molecule has 0 bridgehead atoms. The van der Waals surface area contributed by atoms with E-state index in [1.807, 2.05) is 0 Å². The first-order chi connectivity index (χ1) is 11.3. The molecule has 124 valence electrons. The smallest absolute Gasteiger partial charge is 0.293 e. The van der Waals surface area contributed by atoms with Gasteiger partial charge in [-0.1, -0.05) is 12.1 Å². The first-order valence-electron chi connectivity index (χ1n) is 6.93. The fraction of sp³-hybridized carbons (Fsp3) is 0.118. The number of allylic oxidation sites excluding steroid dienone is 1. The van der Waals surface area contributed by atoms with Gasteiger partial charge >= 0.3 is 0 Å². The fourth-order valence-electron chi connectivity index (χ4n) is 2.12. The van der Waals surface area contributed by atoms with Crippen molar-refractivity contribution >= 4 is 23.2 Å². The number of nitro benzene ring substituents is 1. The normalized spacial score (nSPS) is 10.8. The molecule has 0 saturated carbocycles. The highest BCUT2D eigenvalue weighted by Gasteiger charge is 2.15. The predicted molar refractivity (Wildman–Crippen MR) is 87.1 cm³/mol. The number of ketones is 1. The Morgan fingerprint density at radius 3 is 2.46 bits per heavy atom. The molecule has 24 heavy (non-hydrogen) atoms. The average molecular weight is 332 g/mol. The van der Waals surface area contributed by atoms with Gasteiger partial charge in [-0.05, 0) is 29.8 Å². The number of hydrogen-bond donors (Lipinski definition) is 0. The Morgan fingerprint density at radius 2 is 1.88 bits per heavy atom.